The molecule has 0 aliphatic heterocycles. The summed E-state index contributed by atoms with van der Waals surface area (Å²) in [5.74, 6) is -0.822. The van der Waals surface area contributed by atoms with Crippen LogP contribution in [0.5, 0.6) is 0 Å². The monoisotopic (exact) mass is 154 g/mol. The average Bonchev–Trinajstić information content (AvgIpc) is 1.65. The largest absolute Gasteiger partial charge is 0.412 e. The van der Waals surface area contributed by atoms with Crippen LogP contribution in [0.2, 0.25) is 0 Å². The molecule has 0 aliphatic carbocycles. The van der Waals surface area contributed by atoms with E-state index in [0.717, 1.165) is 0 Å². The molecular weight excluding hydrogens is 147 g/mol. The van der Waals surface area contributed by atoms with Crippen LogP contribution in [0.25, 0.3) is 0 Å². The van der Waals surface area contributed by atoms with Gasteiger partial charge in [-0.3, -0.25) is 4.79 Å². The average molecular weight is 155 g/mol. The van der Waals surface area contributed by atoms with Crippen molar-refractivity contribution in [1.82, 2.24) is 0 Å². The number of carbonyl (C=O) groups excluding carboxylic acids is 2. The fourth-order valence-electron chi connectivity index (χ4n) is 0.154. The minimum absolute atomic E-state index is 0. The quantitative estimate of drug-likeness (QED) is 0.374. The van der Waals surface area contributed by atoms with Crippen LogP contribution in [-0.4, -0.2) is 18.6 Å². The SMILES string of the molecule is Cl.NCC(=O)OC(N)=O. The molecular formula is C3H7ClN2O3. The second kappa shape index (κ2) is 5.33. The van der Waals surface area contributed by atoms with Crippen molar-refractivity contribution < 1.29 is 14.3 Å². The molecule has 0 fully saturated rings. The first-order chi connectivity index (χ1) is 3.66. The zero-order valence-electron chi connectivity index (χ0n) is 4.49. The van der Waals surface area contributed by atoms with E-state index in [-0.39, 0.29) is 19.0 Å². The van der Waals surface area contributed by atoms with Crippen LogP contribution in [0, 0.1) is 0 Å². The molecule has 0 saturated carbocycles. The summed E-state index contributed by atoms with van der Waals surface area (Å²) in [6.45, 7) is -0.330. The Balaban J connectivity index is 0. The molecule has 0 aliphatic rings. The zero-order valence-corrected chi connectivity index (χ0v) is 5.31. The molecule has 1 amide bonds. The molecule has 0 bridgehead atoms. The Bertz CT molecular complexity index is 116. The second-order valence-electron chi connectivity index (χ2n) is 0.997. The van der Waals surface area contributed by atoms with E-state index < -0.39 is 12.1 Å². The van der Waals surface area contributed by atoms with Crippen molar-refractivity contribution >= 4 is 24.5 Å². The van der Waals surface area contributed by atoms with Crippen LogP contribution >= 0.6 is 12.4 Å². The van der Waals surface area contributed by atoms with Crippen LogP contribution in [-0.2, 0) is 9.53 Å². The van der Waals surface area contributed by atoms with E-state index in [2.05, 4.69) is 10.5 Å². The van der Waals surface area contributed by atoms with Crippen LogP contribution in [0.4, 0.5) is 4.79 Å². The van der Waals surface area contributed by atoms with Gasteiger partial charge >= 0.3 is 12.1 Å². The van der Waals surface area contributed by atoms with E-state index in [1.54, 1.807) is 0 Å². The maximum absolute atomic E-state index is 9.97. The maximum Gasteiger partial charge on any atom is 0.412 e. The number of amides is 1. The molecule has 0 atom stereocenters. The number of halogens is 1. The highest BCUT2D eigenvalue weighted by atomic mass is 35.5. The summed E-state index contributed by atoms with van der Waals surface area (Å²) < 4.78 is 3.77. The summed E-state index contributed by atoms with van der Waals surface area (Å²) >= 11 is 0. The van der Waals surface area contributed by atoms with Crippen molar-refractivity contribution in [2.24, 2.45) is 11.5 Å². The fraction of sp³-hybridized carbons (Fsp3) is 0.333. The number of esters is 1. The van der Waals surface area contributed by atoms with Gasteiger partial charge in [0.1, 0.15) is 0 Å². The topological polar surface area (TPSA) is 95.4 Å². The molecule has 5 nitrogen and oxygen atoms in total. The molecule has 4 N–H and O–H groups in total. The predicted molar refractivity (Wildman–Crippen MR) is 32.0 cm³/mol. The lowest BCUT2D eigenvalue weighted by molar-refractivity contribution is -0.135. The van der Waals surface area contributed by atoms with Crippen molar-refractivity contribution in [3.63, 3.8) is 0 Å². The number of nitrogens with two attached hydrogens (primary N) is 2. The van der Waals surface area contributed by atoms with Gasteiger partial charge in [0, 0.05) is 0 Å². The highest BCUT2D eigenvalue weighted by Crippen LogP contribution is 1.71. The Morgan fingerprint density at radius 2 is 1.89 bits per heavy atom. The van der Waals surface area contributed by atoms with E-state index in [0.29, 0.717) is 0 Å². The summed E-state index contributed by atoms with van der Waals surface area (Å²) in [6.07, 6.45) is -1.12. The Morgan fingerprint density at radius 3 is 2.00 bits per heavy atom. The van der Waals surface area contributed by atoms with E-state index in [9.17, 15) is 9.59 Å². The van der Waals surface area contributed by atoms with Gasteiger partial charge < -0.3 is 16.2 Å². The molecule has 0 rings (SSSR count). The molecule has 9 heavy (non-hydrogen) atoms. The van der Waals surface area contributed by atoms with Gasteiger partial charge in [0.05, 0.1) is 6.54 Å². The Morgan fingerprint density at radius 1 is 1.44 bits per heavy atom. The number of hydrogen-bond donors (Lipinski definition) is 2. The Labute approximate surface area is 57.7 Å². The summed E-state index contributed by atoms with van der Waals surface area (Å²) in [4.78, 5) is 19.7. The fourth-order valence-corrected chi connectivity index (χ4v) is 0.154. The highest BCUT2D eigenvalue weighted by Gasteiger charge is 2.00. The van der Waals surface area contributed by atoms with E-state index >= 15 is 0 Å². The number of rotatable bonds is 1. The van der Waals surface area contributed by atoms with Crippen molar-refractivity contribution in [2.75, 3.05) is 6.54 Å². The highest BCUT2D eigenvalue weighted by molar-refractivity contribution is 5.85. The summed E-state index contributed by atoms with van der Waals surface area (Å²) in [5.41, 5.74) is 9.17. The number of primary amides is 1. The minimum atomic E-state index is -1.12. The summed E-state index contributed by atoms with van der Waals surface area (Å²) in [5, 5.41) is 0. The van der Waals surface area contributed by atoms with Gasteiger partial charge in [-0.05, 0) is 0 Å². The smallest absolute Gasteiger partial charge is 0.375 e. The maximum atomic E-state index is 9.97. The van der Waals surface area contributed by atoms with E-state index in [1.807, 2.05) is 0 Å². The van der Waals surface area contributed by atoms with Gasteiger partial charge in [-0.15, -0.1) is 12.4 Å². The lowest BCUT2D eigenvalue weighted by Crippen LogP contribution is -2.24. The molecule has 54 valence electrons. The van der Waals surface area contributed by atoms with E-state index in [1.165, 1.54) is 0 Å². The molecule has 0 unspecified atom stereocenters. The van der Waals surface area contributed by atoms with Crippen molar-refractivity contribution in [1.29, 1.82) is 0 Å². The number of ether oxygens (including phenoxy) is 1. The van der Waals surface area contributed by atoms with Crippen LogP contribution in [0.15, 0.2) is 0 Å². The molecule has 0 aromatic rings. The molecule has 0 saturated heterocycles. The van der Waals surface area contributed by atoms with Crippen LogP contribution in [0.1, 0.15) is 0 Å². The van der Waals surface area contributed by atoms with Gasteiger partial charge in [0.2, 0.25) is 0 Å². The molecule has 0 spiro atoms. The van der Waals surface area contributed by atoms with E-state index in [4.69, 9.17) is 5.73 Å². The number of hydrogen-bond acceptors (Lipinski definition) is 4. The van der Waals surface area contributed by atoms with Gasteiger partial charge in [0.25, 0.3) is 0 Å². The van der Waals surface area contributed by atoms with Crippen LogP contribution in [0.3, 0.4) is 0 Å². The molecule has 0 radical (unpaired) electrons. The van der Waals surface area contributed by atoms with Crippen LogP contribution < -0.4 is 11.5 Å². The second-order valence-corrected chi connectivity index (χ2v) is 0.997. The molecule has 6 heteroatoms. The number of carbonyl (C=O) groups is 2. The first-order valence-corrected chi connectivity index (χ1v) is 1.87. The lowest BCUT2D eigenvalue weighted by atomic mass is 10.7. The summed E-state index contributed by atoms with van der Waals surface area (Å²) in [7, 11) is 0. The third-order valence-corrected chi connectivity index (χ3v) is 0.381. The van der Waals surface area contributed by atoms with Crippen molar-refractivity contribution in [2.45, 2.75) is 0 Å². The first kappa shape index (κ1) is 11.0. The standard InChI is InChI=1S/C3H6N2O3.ClH/c4-1-2(6)8-3(5)7;/h1,4H2,(H2,5,7);1H. The third kappa shape index (κ3) is 7.19. The Hall–Kier alpha value is -0.810. The van der Waals surface area contributed by atoms with Gasteiger partial charge in [0.15, 0.2) is 0 Å². The third-order valence-electron chi connectivity index (χ3n) is 0.381. The Kier molecular flexibility index (Phi) is 6.54. The molecule has 0 heterocycles. The summed E-state index contributed by atoms with van der Waals surface area (Å²) in [6, 6.07) is 0. The van der Waals surface area contributed by atoms with Gasteiger partial charge in [-0.2, -0.15) is 0 Å². The van der Waals surface area contributed by atoms with Gasteiger partial charge in [-0.1, -0.05) is 0 Å². The lowest BCUT2D eigenvalue weighted by Gasteiger charge is -1.91. The van der Waals surface area contributed by atoms with Crippen molar-refractivity contribution in [3.05, 3.63) is 0 Å². The normalized spacial score (nSPS) is 7.22. The zero-order chi connectivity index (χ0) is 6.57. The predicted octanol–water partition coefficient (Wildman–Crippen LogP) is -1.01. The molecule has 0 aromatic heterocycles. The first-order valence-electron chi connectivity index (χ1n) is 1.87. The minimum Gasteiger partial charge on any atom is -0.375 e. The van der Waals surface area contributed by atoms with Gasteiger partial charge in [-0.25, -0.2) is 4.79 Å². The van der Waals surface area contributed by atoms with Crippen molar-refractivity contribution in [3.8, 4) is 0 Å². The molecule has 0 aromatic carbocycles.